The molecule has 4 nitrogen and oxygen atoms in total. The van der Waals surface area contributed by atoms with Gasteiger partial charge in [0.05, 0.1) is 32.2 Å². The van der Waals surface area contributed by atoms with E-state index < -0.39 is 0 Å². The van der Waals surface area contributed by atoms with Crippen molar-refractivity contribution in [2.75, 3.05) is 38.3 Å². The zero-order chi connectivity index (χ0) is 10.7. The van der Waals surface area contributed by atoms with Crippen LogP contribution in [0.3, 0.4) is 0 Å². The summed E-state index contributed by atoms with van der Waals surface area (Å²) in [6.45, 7) is 3.27. The summed E-state index contributed by atoms with van der Waals surface area (Å²) in [5.41, 5.74) is 1.03. The average molecular weight is 229 g/mol. The molecule has 0 bridgehead atoms. The van der Waals surface area contributed by atoms with Gasteiger partial charge >= 0.3 is 0 Å². The van der Waals surface area contributed by atoms with Crippen LogP contribution in [-0.2, 0) is 4.74 Å². The third-order valence-electron chi connectivity index (χ3n) is 2.39. The Labute approximate surface area is 93.8 Å². The van der Waals surface area contributed by atoms with Crippen LogP contribution < -0.4 is 9.64 Å². The zero-order valence-corrected chi connectivity index (χ0v) is 9.33. The van der Waals surface area contributed by atoms with Crippen molar-refractivity contribution >= 4 is 17.3 Å². The molecule has 0 unspecified atom stereocenters. The first-order valence-corrected chi connectivity index (χ1v) is 5.21. The molecule has 1 aliphatic rings. The molecule has 0 amide bonds. The average Bonchev–Trinajstić information content (AvgIpc) is 2.31. The van der Waals surface area contributed by atoms with E-state index in [1.54, 1.807) is 13.3 Å². The van der Waals surface area contributed by atoms with Gasteiger partial charge in [0.25, 0.3) is 0 Å². The molecule has 1 aromatic rings. The Balaban J connectivity index is 2.20. The summed E-state index contributed by atoms with van der Waals surface area (Å²) in [7, 11) is 1.59. The van der Waals surface area contributed by atoms with Gasteiger partial charge in [-0.2, -0.15) is 0 Å². The molecule has 5 heteroatoms. The molecule has 0 aromatic carbocycles. The van der Waals surface area contributed by atoms with Crippen LogP contribution in [0.1, 0.15) is 0 Å². The number of nitrogens with zero attached hydrogens (tertiary/aromatic N) is 2. The Bertz CT molecular complexity index is 340. The summed E-state index contributed by atoms with van der Waals surface area (Å²) in [6, 6.07) is 1.90. The van der Waals surface area contributed by atoms with Crippen LogP contribution in [0.5, 0.6) is 5.75 Å². The Kier molecular flexibility index (Phi) is 3.28. The summed E-state index contributed by atoms with van der Waals surface area (Å²) < 4.78 is 10.4. The van der Waals surface area contributed by atoms with Crippen LogP contribution in [0.25, 0.3) is 0 Å². The van der Waals surface area contributed by atoms with Crippen molar-refractivity contribution in [1.29, 1.82) is 0 Å². The molecule has 0 aliphatic carbocycles. The van der Waals surface area contributed by atoms with Crippen molar-refractivity contribution in [3.63, 3.8) is 0 Å². The topological polar surface area (TPSA) is 34.6 Å². The molecule has 15 heavy (non-hydrogen) atoms. The molecule has 0 radical (unpaired) electrons. The van der Waals surface area contributed by atoms with Gasteiger partial charge in [-0.3, -0.25) is 0 Å². The summed E-state index contributed by atoms with van der Waals surface area (Å²) in [5.74, 6) is 0.612. The lowest BCUT2D eigenvalue weighted by atomic mass is 10.3. The van der Waals surface area contributed by atoms with E-state index >= 15 is 0 Å². The molecule has 1 fully saturated rings. The minimum atomic E-state index is 0.398. The largest absolute Gasteiger partial charge is 0.493 e. The first-order valence-electron chi connectivity index (χ1n) is 4.83. The molecule has 2 heterocycles. The molecule has 1 aliphatic heterocycles. The summed E-state index contributed by atoms with van der Waals surface area (Å²) in [4.78, 5) is 6.29. The third kappa shape index (κ3) is 2.33. The molecule has 0 atom stereocenters. The highest BCUT2D eigenvalue weighted by molar-refractivity contribution is 6.30. The molecule has 1 aromatic heterocycles. The first kappa shape index (κ1) is 10.5. The number of hydrogen-bond acceptors (Lipinski definition) is 4. The van der Waals surface area contributed by atoms with Crippen molar-refractivity contribution in [3.05, 3.63) is 17.4 Å². The van der Waals surface area contributed by atoms with Crippen LogP contribution in [0, 0.1) is 0 Å². The Morgan fingerprint density at radius 1 is 1.47 bits per heavy atom. The maximum absolute atomic E-state index is 5.86. The minimum absolute atomic E-state index is 0.398. The van der Waals surface area contributed by atoms with Gasteiger partial charge in [0.2, 0.25) is 0 Å². The Morgan fingerprint density at radius 2 is 2.20 bits per heavy atom. The predicted octanol–water partition coefficient (Wildman–Crippen LogP) is 1.58. The van der Waals surface area contributed by atoms with E-state index in [9.17, 15) is 0 Å². The second-order valence-electron chi connectivity index (χ2n) is 3.29. The normalized spacial score (nSPS) is 16.5. The van der Waals surface area contributed by atoms with Gasteiger partial charge in [0.15, 0.2) is 10.9 Å². The van der Waals surface area contributed by atoms with Crippen LogP contribution in [0.2, 0.25) is 5.15 Å². The molecule has 0 spiro atoms. The van der Waals surface area contributed by atoms with Gasteiger partial charge < -0.3 is 14.4 Å². The van der Waals surface area contributed by atoms with Crippen LogP contribution in [0.15, 0.2) is 12.3 Å². The zero-order valence-electron chi connectivity index (χ0n) is 8.57. The van der Waals surface area contributed by atoms with E-state index in [0.29, 0.717) is 10.9 Å². The fourth-order valence-electron chi connectivity index (χ4n) is 1.56. The smallest absolute Gasteiger partial charge is 0.171 e. The van der Waals surface area contributed by atoms with Gasteiger partial charge in [-0.25, -0.2) is 4.98 Å². The lowest BCUT2D eigenvalue weighted by Crippen LogP contribution is -2.36. The molecule has 0 N–H and O–H groups in total. The van der Waals surface area contributed by atoms with E-state index in [-0.39, 0.29) is 0 Å². The number of morpholine rings is 1. The van der Waals surface area contributed by atoms with E-state index in [1.165, 1.54) is 0 Å². The summed E-state index contributed by atoms with van der Waals surface area (Å²) in [5, 5.41) is 0.398. The van der Waals surface area contributed by atoms with Crippen molar-refractivity contribution in [2.45, 2.75) is 0 Å². The fourth-order valence-corrected chi connectivity index (χ4v) is 1.74. The van der Waals surface area contributed by atoms with Gasteiger partial charge in [0, 0.05) is 19.2 Å². The van der Waals surface area contributed by atoms with Gasteiger partial charge in [-0.15, -0.1) is 0 Å². The van der Waals surface area contributed by atoms with Crippen LogP contribution in [-0.4, -0.2) is 38.4 Å². The highest BCUT2D eigenvalue weighted by atomic mass is 35.5. The lowest BCUT2D eigenvalue weighted by Gasteiger charge is -2.28. The van der Waals surface area contributed by atoms with Crippen molar-refractivity contribution in [2.24, 2.45) is 0 Å². The maximum atomic E-state index is 5.86. The first-order chi connectivity index (χ1) is 7.31. The van der Waals surface area contributed by atoms with Crippen molar-refractivity contribution in [1.82, 2.24) is 4.98 Å². The monoisotopic (exact) mass is 228 g/mol. The number of hydrogen-bond donors (Lipinski definition) is 0. The molecule has 82 valence electrons. The molecule has 0 saturated carbocycles. The number of pyridine rings is 1. The van der Waals surface area contributed by atoms with Gasteiger partial charge in [-0.1, -0.05) is 11.6 Å². The molecule has 2 rings (SSSR count). The summed E-state index contributed by atoms with van der Waals surface area (Å²) in [6.07, 6.45) is 1.76. The van der Waals surface area contributed by atoms with E-state index in [0.717, 1.165) is 32.0 Å². The van der Waals surface area contributed by atoms with Gasteiger partial charge in [0.1, 0.15) is 0 Å². The number of methoxy groups -OCH3 is 1. The standard InChI is InChI=1S/C10H13ClN2O2/c1-14-9-6-8(7-12-10(9)11)13-2-4-15-5-3-13/h6-7H,2-5H2,1H3. The fraction of sp³-hybridized carbons (Fsp3) is 0.500. The van der Waals surface area contributed by atoms with Gasteiger partial charge in [-0.05, 0) is 0 Å². The van der Waals surface area contributed by atoms with E-state index in [2.05, 4.69) is 9.88 Å². The molecule has 1 saturated heterocycles. The number of anilines is 1. The number of ether oxygens (including phenoxy) is 2. The lowest BCUT2D eigenvalue weighted by molar-refractivity contribution is 0.122. The molecular formula is C10H13ClN2O2. The Morgan fingerprint density at radius 3 is 2.87 bits per heavy atom. The van der Waals surface area contributed by atoms with Crippen molar-refractivity contribution < 1.29 is 9.47 Å². The Hall–Kier alpha value is -1.00. The van der Waals surface area contributed by atoms with Crippen molar-refractivity contribution in [3.8, 4) is 5.75 Å². The third-order valence-corrected chi connectivity index (χ3v) is 2.67. The maximum Gasteiger partial charge on any atom is 0.171 e. The number of aromatic nitrogens is 1. The SMILES string of the molecule is COc1cc(N2CCOCC2)cnc1Cl. The summed E-state index contributed by atoms with van der Waals surface area (Å²) >= 11 is 5.86. The highest BCUT2D eigenvalue weighted by Crippen LogP contribution is 2.27. The number of halogens is 1. The second-order valence-corrected chi connectivity index (χ2v) is 3.64. The predicted molar refractivity (Wildman–Crippen MR) is 58.8 cm³/mol. The van der Waals surface area contributed by atoms with Crippen LogP contribution in [0.4, 0.5) is 5.69 Å². The molecular weight excluding hydrogens is 216 g/mol. The van der Waals surface area contributed by atoms with Crippen LogP contribution >= 0.6 is 11.6 Å². The van der Waals surface area contributed by atoms with E-state index in [4.69, 9.17) is 21.1 Å². The highest BCUT2D eigenvalue weighted by Gasteiger charge is 2.13. The number of rotatable bonds is 2. The second kappa shape index (κ2) is 4.68. The van der Waals surface area contributed by atoms with E-state index in [1.807, 2.05) is 6.07 Å². The minimum Gasteiger partial charge on any atom is -0.493 e. The quantitative estimate of drug-likeness (QED) is 0.720.